The molecule has 4 unspecified atom stereocenters. The molecule has 20 heavy (non-hydrogen) atoms. The summed E-state index contributed by atoms with van der Waals surface area (Å²) in [6.45, 7) is 6.07. The molecule has 0 amide bonds. The SMILES string of the molecule is C=C(C)C=C=C1CCC2CC1C1=C3CC3CC2CCC1. The van der Waals surface area contributed by atoms with Gasteiger partial charge in [-0.3, -0.25) is 0 Å². The summed E-state index contributed by atoms with van der Waals surface area (Å²) in [4.78, 5) is 0. The minimum Gasteiger partial charge on any atom is -0.121 e. The van der Waals surface area contributed by atoms with Gasteiger partial charge in [0.05, 0.1) is 0 Å². The second-order valence-corrected chi connectivity index (χ2v) is 7.59. The monoisotopic (exact) mass is 266 g/mol. The molecule has 0 N–H and O–H groups in total. The smallest absolute Gasteiger partial charge is 0.00884 e. The minimum absolute atomic E-state index is 0.757. The molecule has 5 aliphatic rings. The van der Waals surface area contributed by atoms with Gasteiger partial charge < -0.3 is 0 Å². The number of hydrogen-bond acceptors (Lipinski definition) is 0. The lowest BCUT2D eigenvalue weighted by atomic mass is 9.64. The van der Waals surface area contributed by atoms with Gasteiger partial charge >= 0.3 is 0 Å². The largest absolute Gasteiger partial charge is 0.121 e. The molecule has 5 aliphatic carbocycles. The summed E-state index contributed by atoms with van der Waals surface area (Å²) in [5.74, 6) is 3.79. The molecule has 5 rings (SSSR count). The predicted octanol–water partition coefficient (Wildman–Crippen LogP) is 5.58. The maximum atomic E-state index is 4.00. The first-order valence-corrected chi connectivity index (χ1v) is 8.55. The zero-order valence-electron chi connectivity index (χ0n) is 12.8. The van der Waals surface area contributed by atoms with Crippen molar-refractivity contribution in [3.05, 3.63) is 40.7 Å². The van der Waals surface area contributed by atoms with Gasteiger partial charge in [-0.1, -0.05) is 23.3 Å². The Labute approximate surface area is 123 Å². The zero-order chi connectivity index (χ0) is 13.7. The van der Waals surface area contributed by atoms with E-state index in [0.29, 0.717) is 0 Å². The average molecular weight is 266 g/mol. The van der Waals surface area contributed by atoms with Gasteiger partial charge in [0.2, 0.25) is 0 Å². The normalized spacial score (nSPS) is 38.4. The zero-order valence-corrected chi connectivity index (χ0v) is 12.8. The molecular weight excluding hydrogens is 240 g/mol. The van der Waals surface area contributed by atoms with E-state index in [-0.39, 0.29) is 0 Å². The highest BCUT2D eigenvalue weighted by atomic mass is 14.5. The van der Waals surface area contributed by atoms with Crippen molar-refractivity contribution >= 4 is 0 Å². The fourth-order valence-electron chi connectivity index (χ4n) is 5.10. The molecule has 0 aromatic rings. The molecule has 4 atom stereocenters. The quantitative estimate of drug-likeness (QED) is 0.330. The van der Waals surface area contributed by atoms with Crippen LogP contribution in [0.3, 0.4) is 0 Å². The predicted molar refractivity (Wildman–Crippen MR) is 84.3 cm³/mol. The Kier molecular flexibility index (Phi) is 3.04. The molecule has 106 valence electrons. The summed E-state index contributed by atoms with van der Waals surface area (Å²) >= 11 is 0. The van der Waals surface area contributed by atoms with Crippen molar-refractivity contribution in [1.82, 2.24) is 0 Å². The third-order valence-electron chi connectivity index (χ3n) is 6.15. The second kappa shape index (κ2) is 4.78. The molecule has 0 aliphatic heterocycles. The second-order valence-electron chi connectivity index (χ2n) is 7.59. The van der Waals surface area contributed by atoms with Gasteiger partial charge in [0, 0.05) is 5.92 Å². The van der Waals surface area contributed by atoms with Crippen LogP contribution in [0.4, 0.5) is 0 Å². The first kappa shape index (κ1) is 12.7. The molecule has 3 fully saturated rings. The summed E-state index contributed by atoms with van der Waals surface area (Å²) in [6.07, 6.45) is 13.6. The Morgan fingerprint density at radius 2 is 2.00 bits per heavy atom. The van der Waals surface area contributed by atoms with Crippen LogP contribution in [0.2, 0.25) is 0 Å². The van der Waals surface area contributed by atoms with Crippen LogP contribution in [0.5, 0.6) is 0 Å². The van der Waals surface area contributed by atoms with E-state index in [4.69, 9.17) is 0 Å². The fourth-order valence-corrected chi connectivity index (χ4v) is 5.10. The van der Waals surface area contributed by atoms with Crippen molar-refractivity contribution in [3.63, 3.8) is 0 Å². The summed E-state index contributed by atoms with van der Waals surface area (Å²) in [5, 5.41) is 0. The highest BCUT2D eigenvalue weighted by molar-refractivity contribution is 5.38. The Hall–Kier alpha value is -1.00. The van der Waals surface area contributed by atoms with E-state index < -0.39 is 0 Å². The lowest BCUT2D eigenvalue weighted by Crippen LogP contribution is -2.29. The van der Waals surface area contributed by atoms with Crippen LogP contribution in [0.1, 0.15) is 58.3 Å². The summed E-state index contributed by atoms with van der Waals surface area (Å²) in [6, 6.07) is 0. The van der Waals surface area contributed by atoms with E-state index >= 15 is 0 Å². The van der Waals surface area contributed by atoms with Crippen molar-refractivity contribution < 1.29 is 0 Å². The van der Waals surface area contributed by atoms with Crippen LogP contribution in [-0.4, -0.2) is 0 Å². The standard InChI is InChI=1S/C20H26/c1-13(2)6-7-14-8-9-16-11-19(14)18-5-3-4-15(16)10-17-12-20(17)18/h6,15-17,19H,1,3-5,8-12H2,2H3. The van der Waals surface area contributed by atoms with Gasteiger partial charge in [0.15, 0.2) is 0 Å². The Bertz CT molecular complexity index is 538. The summed E-state index contributed by atoms with van der Waals surface area (Å²) in [7, 11) is 0. The molecule has 0 nitrogen and oxygen atoms in total. The lowest BCUT2D eigenvalue weighted by molar-refractivity contribution is 0.195. The lowest BCUT2D eigenvalue weighted by Gasteiger charge is -2.41. The number of hydrogen-bond donors (Lipinski definition) is 0. The molecule has 3 saturated carbocycles. The first-order valence-electron chi connectivity index (χ1n) is 8.55. The van der Waals surface area contributed by atoms with E-state index in [9.17, 15) is 0 Å². The maximum absolute atomic E-state index is 4.00. The van der Waals surface area contributed by atoms with Crippen molar-refractivity contribution in [2.45, 2.75) is 58.3 Å². The van der Waals surface area contributed by atoms with Gasteiger partial charge in [-0.2, -0.15) is 0 Å². The summed E-state index contributed by atoms with van der Waals surface area (Å²) < 4.78 is 0. The van der Waals surface area contributed by atoms with Gasteiger partial charge in [0.1, 0.15) is 0 Å². The fraction of sp³-hybridized carbons (Fsp3) is 0.650. The number of rotatable bonds is 1. The molecule has 0 aromatic carbocycles. The van der Waals surface area contributed by atoms with Gasteiger partial charge in [-0.25, -0.2) is 0 Å². The van der Waals surface area contributed by atoms with Crippen LogP contribution in [0.15, 0.2) is 40.7 Å². The molecule has 0 spiro atoms. The Morgan fingerprint density at radius 3 is 2.85 bits per heavy atom. The molecule has 0 aromatic heterocycles. The van der Waals surface area contributed by atoms with Gasteiger partial charge in [0.25, 0.3) is 0 Å². The van der Waals surface area contributed by atoms with Crippen molar-refractivity contribution in [1.29, 1.82) is 0 Å². The van der Waals surface area contributed by atoms with E-state index in [2.05, 4.69) is 25.3 Å². The van der Waals surface area contributed by atoms with Crippen LogP contribution in [0, 0.1) is 23.7 Å². The molecule has 0 heterocycles. The topological polar surface area (TPSA) is 0 Å². The molecule has 0 radical (unpaired) electrons. The molecule has 4 bridgehead atoms. The molecular formula is C20H26. The number of fused-ring (bicyclic) bond motifs is 2. The van der Waals surface area contributed by atoms with Crippen LogP contribution < -0.4 is 0 Å². The van der Waals surface area contributed by atoms with Crippen LogP contribution in [-0.2, 0) is 0 Å². The van der Waals surface area contributed by atoms with Crippen molar-refractivity contribution in [2.75, 3.05) is 0 Å². The highest BCUT2D eigenvalue weighted by Gasteiger charge is 2.45. The van der Waals surface area contributed by atoms with Crippen LogP contribution in [0.25, 0.3) is 0 Å². The molecule has 0 heteroatoms. The third kappa shape index (κ3) is 2.15. The summed E-state index contributed by atoms with van der Waals surface area (Å²) in [5.41, 5.74) is 10.1. The maximum Gasteiger partial charge on any atom is 0.00884 e. The number of allylic oxidation sites excluding steroid dienone is 4. The van der Waals surface area contributed by atoms with Crippen LogP contribution >= 0.6 is 0 Å². The highest BCUT2D eigenvalue weighted by Crippen LogP contribution is 2.57. The van der Waals surface area contributed by atoms with Crippen molar-refractivity contribution in [3.8, 4) is 0 Å². The van der Waals surface area contributed by atoms with E-state index in [0.717, 1.165) is 29.2 Å². The van der Waals surface area contributed by atoms with Gasteiger partial charge in [-0.05, 0) is 87.7 Å². The Balaban J connectivity index is 1.76. The Morgan fingerprint density at radius 1 is 1.15 bits per heavy atom. The van der Waals surface area contributed by atoms with E-state index in [1.54, 1.807) is 5.57 Å². The minimum atomic E-state index is 0.757. The molecule has 0 saturated heterocycles. The first-order chi connectivity index (χ1) is 9.72. The average Bonchev–Trinajstić information content (AvgIpc) is 3.12. The van der Waals surface area contributed by atoms with Gasteiger partial charge in [-0.15, -0.1) is 5.73 Å². The van der Waals surface area contributed by atoms with Crippen molar-refractivity contribution in [2.24, 2.45) is 23.7 Å². The van der Waals surface area contributed by atoms with E-state index in [1.807, 2.05) is 11.1 Å². The van der Waals surface area contributed by atoms with E-state index in [1.165, 1.54) is 51.4 Å². The third-order valence-corrected chi connectivity index (χ3v) is 6.15.